The van der Waals surface area contributed by atoms with Crippen molar-refractivity contribution in [2.45, 2.75) is 13.0 Å². The molecule has 0 radical (unpaired) electrons. The quantitative estimate of drug-likeness (QED) is 0.441. The second-order valence-electron chi connectivity index (χ2n) is 6.11. The molecule has 142 valence electrons. The van der Waals surface area contributed by atoms with Crippen LogP contribution in [0, 0.1) is 5.95 Å². The zero-order valence-electron chi connectivity index (χ0n) is 15.0. The number of aromatic amines is 1. The van der Waals surface area contributed by atoms with E-state index in [1.54, 1.807) is 36.7 Å². The van der Waals surface area contributed by atoms with Crippen LogP contribution in [-0.2, 0) is 13.0 Å². The van der Waals surface area contributed by atoms with Gasteiger partial charge in [-0.3, -0.25) is 0 Å². The molecule has 0 atom stereocenters. The highest BCUT2D eigenvalue weighted by Crippen LogP contribution is 2.22. The maximum absolute atomic E-state index is 14.5. The van der Waals surface area contributed by atoms with Gasteiger partial charge in [0.25, 0.3) is 0 Å². The van der Waals surface area contributed by atoms with Crippen LogP contribution in [0.3, 0.4) is 0 Å². The Hall–Kier alpha value is -3.75. The minimum Gasteiger partial charge on any atom is -0.493 e. The van der Waals surface area contributed by atoms with Gasteiger partial charge in [-0.1, -0.05) is 6.07 Å². The van der Waals surface area contributed by atoms with Crippen LogP contribution in [-0.4, -0.2) is 37.1 Å². The Morgan fingerprint density at radius 2 is 2.00 bits per heavy atom. The number of pyridine rings is 2. The van der Waals surface area contributed by atoms with Gasteiger partial charge in [0.15, 0.2) is 0 Å². The summed E-state index contributed by atoms with van der Waals surface area (Å²) in [6.07, 6.45) is 5.33. The standard InChI is InChI=1S/C19H17FN6O2/c1-28-16-5-3-12(19(27)26-16)7-22-15-4-2-11(17(20)25-15)6-13-8-23-18-14(13)9-21-10-24-18/h2-5,8-10H,6-7H2,1H3,(H,22,25)(H,26,27)(H,21,23,24). The van der Waals surface area contributed by atoms with Gasteiger partial charge in [0, 0.05) is 47.9 Å². The molecule has 4 aromatic rings. The number of H-pyrrole nitrogens is 1. The molecule has 0 fully saturated rings. The minimum atomic E-state index is -0.562. The summed E-state index contributed by atoms with van der Waals surface area (Å²) in [7, 11) is 1.47. The molecular formula is C19H17FN6O2. The lowest BCUT2D eigenvalue weighted by atomic mass is 10.1. The number of fused-ring (bicyclic) bond motifs is 1. The lowest BCUT2D eigenvalue weighted by Gasteiger charge is -2.09. The van der Waals surface area contributed by atoms with E-state index in [1.165, 1.54) is 13.4 Å². The third-order valence-electron chi connectivity index (χ3n) is 4.35. The first-order valence-corrected chi connectivity index (χ1v) is 8.52. The molecule has 3 N–H and O–H groups in total. The highest BCUT2D eigenvalue weighted by atomic mass is 19.1. The smallest absolute Gasteiger partial charge is 0.219 e. The van der Waals surface area contributed by atoms with Gasteiger partial charge in [0.05, 0.1) is 7.11 Å². The highest BCUT2D eigenvalue weighted by Gasteiger charge is 2.11. The van der Waals surface area contributed by atoms with Crippen molar-refractivity contribution >= 4 is 16.9 Å². The molecule has 0 amide bonds. The minimum absolute atomic E-state index is 0.148. The summed E-state index contributed by atoms with van der Waals surface area (Å²) >= 11 is 0. The van der Waals surface area contributed by atoms with Crippen molar-refractivity contribution in [3.05, 3.63) is 65.6 Å². The van der Waals surface area contributed by atoms with Gasteiger partial charge in [-0.2, -0.15) is 9.37 Å². The number of rotatable bonds is 6. The van der Waals surface area contributed by atoms with Crippen LogP contribution in [0.4, 0.5) is 10.2 Å². The number of nitrogens with one attached hydrogen (secondary N) is 2. The summed E-state index contributed by atoms with van der Waals surface area (Å²) in [6.45, 7) is 0.244. The average Bonchev–Trinajstić information content (AvgIpc) is 3.12. The molecule has 0 aliphatic carbocycles. The van der Waals surface area contributed by atoms with Crippen LogP contribution in [0.15, 0.2) is 43.0 Å². The van der Waals surface area contributed by atoms with E-state index >= 15 is 0 Å². The Kier molecular flexibility index (Phi) is 4.71. The fraction of sp³-hybridized carbons (Fsp3) is 0.158. The van der Waals surface area contributed by atoms with Crippen molar-refractivity contribution in [1.82, 2.24) is 24.9 Å². The predicted molar refractivity (Wildman–Crippen MR) is 101 cm³/mol. The Morgan fingerprint density at radius 1 is 1.14 bits per heavy atom. The molecule has 28 heavy (non-hydrogen) atoms. The van der Waals surface area contributed by atoms with Gasteiger partial charge in [0.1, 0.15) is 17.8 Å². The molecule has 4 rings (SSSR count). The number of aromatic nitrogens is 5. The van der Waals surface area contributed by atoms with Crippen LogP contribution in [0.1, 0.15) is 16.7 Å². The highest BCUT2D eigenvalue weighted by molar-refractivity contribution is 5.78. The summed E-state index contributed by atoms with van der Waals surface area (Å²) < 4.78 is 19.4. The number of nitrogens with zero attached hydrogens (tertiary/aromatic N) is 4. The van der Waals surface area contributed by atoms with E-state index in [0.29, 0.717) is 34.9 Å². The molecule has 0 bridgehead atoms. The number of methoxy groups -OCH3 is 1. The Bertz CT molecular complexity index is 1130. The van der Waals surface area contributed by atoms with E-state index < -0.39 is 5.95 Å². The molecule has 9 heteroatoms. The summed E-state index contributed by atoms with van der Waals surface area (Å²) in [5, 5.41) is 13.7. The van der Waals surface area contributed by atoms with Gasteiger partial charge in [-0.25, -0.2) is 15.0 Å². The van der Waals surface area contributed by atoms with E-state index in [0.717, 1.165) is 10.9 Å². The second kappa shape index (κ2) is 7.47. The number of anilines is 1. The first kappa shape index (κ1) is 17.7. The summed E-state index contributed by atoms with van der Waals surface area (Å²) in [5.74, 6) is -0.0324. The SMILES string of the molecule is COc1ccc(CNc2ccc(Cc3c[nH]c4ncncc34)c(F)n2)c(O)n1. The monoisotopic (exact) mass is 380 g/mol. The van der Waals surface area contributed by atoms with E-state index in [2.05, 4.69) is 30.2 Å². The van der Waals surface area contributed by atoms with Gasteiger partial charge in [0.2, 0.25) is 17.7 Å². The molecule has 4 heterocycles. The van der Waals surface area contributed by atoms with E-state index in [9.17, 15) is 9.50 Å². The maximum Gasteiger partial charge on any atom is 0.219 e. The van der Waals surface area contributed by atoms with Crippen molar-refractivity contribution in [3.63, 3.8) is 0 Å². The first-order valence-electron chi connectivity index (χ1n) is 8.52. The number of halogens is 1. The fourth-order valence-electron chi connectivity index (χ4n) is 2.86. The normalized spacial score (nSPS) is 10.9. The van der Waals surface area contributed by atoms with Crippen molar-refractivity contribution in [3.8, 4) is 11.8 Å². The fourth-order valence-corrected chi connectivity index (χ4v) is 2.86. The van der Waals surface area contributed by atoms with Crippen molar-refractivity contribution in [2.24, 2.45) is 0 Å². The number of hydrogen-bond acceptors (Lipinski definition) is 7. The number of ether oxygens (including phenoxy) is 1. The zero-order valence-corrected chi connectivity index (χ0v) is 15.0. The molecule has 0 unspecified atom stereocenters. The summed E-state index contributed by atoms with van der Waals surface area (Å²) in [4.78, 5) is 19.0. The molecule has 0 spiro atoms. The number of hydrogen-bond donors (Lipinski definition) is 3. The van der Waals surface area contributed by atoms with Crippen molar-refractivity contribution in [1.29, 1.82) is 0 Å². The third kappa shape index (κ3) is 3.54. The molecule has 0 aliphatic rings. The Morgan fingerprint density at radius 3 is 2.79 bits per heavy atom. The molecule has 0 aromatic carbocycles. The summed E-state index contributed by atoms with van der Waals surface area (Å²) in [6, 6.07) is 6.69. The zero-order chi connectivity index (χ0) is 19.5. The van der Waals surface area contributed by atoms with Gasteiger partial charge < -0.3 is 20.1 Å². The third-order valence-corrected chi connectivity index (χ3v) is 4.35. The van der Waals surface area contributed by atoms with Crippen LogP contribution in [0.2, 0.25) is 0 Å². The van der Waals surface area contributed by atoms with Crippen molar-refractivity contribution in [2.75, 3.05) is 12.4 Å². The molecular weight excluding hydrogens is 363 g/mol. The van der Waals surface area contributed by atoms with Gasteiger partial charge in [-0.15, -0.1) is 0 Å². The van der Waals surface area contributed by atoms with E-state index in [-0.39, 0.29) is 12.4 Å². The first-order chi connectivity index (χ1) is 13.6. The predicted octanol–water partition coefficient (Wildman–Crippen LogP) is 2.80. The lowest BCUT2D eigenvalue weighted by molar-refractivity contribution is 0.378. The largest absolute Gasteiger partial charge is 0.493 e. The van der Waals surface area contributed by atoms with E-state index in [4.69, 9.17) is 4.74 Å². The molecule has 0 aliphatic heterocycles. The maximum atomic E-state index is 14.5. The van der Waals surface area contributed by atoms with Crippen LogP contribution in [0.25, 0.3) is 11.0 Å². The average molecular weight is 380 g/mol. The molecule has 8 nitrogen and oxygen atoms in total. The van der Waals surface area contributed by atoms with Crippen molar-refractivity contribution < 1.29 is 14.2 Å². The molecule has 0 saturated heterocycles. The molecule has 4 aromatic heterocycles. The lowest BCUT2D eigenvalue weighted by Crippen LogP contribution is -2.05. The van der Waals surface area contributed by atoms with Crippen LogP contribution in [0.5, 0.6) is 11.8 Å². The van der Waals surface area contributed by atoms with Crippen LogP contribution >= 0.6 is 0 Å². The van der Waals surface area contributed by atoms with Crippen LogP contribution < -0.4 is 10.1 Å². The van der Waals surface area contributed by atoms with Gasteiger partial charge >= 0.3 is 0 Å². The van der Waals surface area contributed by atoms with Gasteiger partial charge in [-0.05, 0) is 17.7 Å². The topological polar surface area (TPSA) is 109 Å². The van der Waals surface area contributed by atoms with E-state index in [1.807, 2.05) is 0 Å². The Balaban J connectivity index is 1.47. The molecule has 0 saturated carbocycles. The Labute approximate surface area is 159 Å². The number of aromatic hydroxyl groups is 1. The summed E-state index contributed by atoms with van der Waals surface area (Å²) in [5.41, 5.74) is 2.62. The second-order valence-corrected chi connectivity index (χ2v) is 6.11.